The van der Waals surface area contributed by atoms with Crippen LogP contribution in [0.3, 0.4) is 0 Å². The zero-order valence-corrected chi connectivity index (χ0v) is 15.7. The Morgan fingerprint density at radius 3 is 2.71 bits per heavy atom. The number of carbonyl (C=O) groups is 1. The number of ether oxygens (including phenoxy) is 1. The van der Waals surface area contributed by atoms with Crippen molar-refractivity contribution in [1.29, 1.82) is 0 Å². The molecule has 1 aliphatic rings. The number of rotatable bonds is 7. The third-order valence-electron chi connectivity index (χ3n) is 4.27. The van der Waals surface area contributed by atoms with Crippen LogP contribution in [-0.4, -0.2) is 55.3 Å². The van der Waals surface area contributed by atoms with E-state index in [-0.39, 0.29) is 17.9 Å². The predicted octanol–water partition coefficient (Wildman–Crippen LogP) is 1.67. The third-order valence-corrected chi connectivity index (χ3v) is 4.27. The topological polar surface area (TPSA) is 79.4 Å². The molecule has 1 aliphatic heterocycles. The van der Waals surface area contributed by atoms with E-state index in [9.17, 15) is 13.6 Å². The molecule has 0 aliphatic carbocycles. The van der Waals surface area contributed by atoms with Crippen LogP contribution in [0.15, 0.2) is 24.3 Å². The van der Waals surface area contributed by atoms with Gasteiger partial charge in [0, 0.05) is 44.0 Å². The number of benzene rings is 1. The van der Waals surface area contributed by atoms with Gasteiger partial charge in [-0.05, 0) is 18.6 Å². The van der Waals surface area contributed by atoms with Crippen LogP contribution in [0.5, 0.6) is 0 Å². The van der Waals surface area contributed by atoms with Crippen LogP contribution in [-0.2, 0) is 16.0 Å². The minimum atomic E-state index is -0.725. The maximum Gasteiger partial charge on any atom is 0.224 e. The van der Waals surface area contributed by atoms with Crippen LogP contribution in [0.1, 0.15) is 11.3 Å². The normalized spacial score (nSPS) is 14.0. The molecule has 9 heteroatoms. The molecule has 1 saturated heterocycles. The van der Waals surface area contributed by atoms with Crippen molar-refractivity contribution < 1.29 is 18.3 Å². The van der Waals surface area contributed by atoms with Crippen molar-refractivity contribution in [3.63, 3.8) is 0 Å². The van der Waals surface area contributed by atoms with Gasteiger partial charge in [-0.25, -0.2) is 13.8 Å². The molecule has 0 saturated carbocycles. The maximum atomic E-state index is 13.6. The first-order valence-electron chi connectivity index (χ1n) is 9.14. The molecule has 0 spiro atoms. The Hall–Kier alpha value is -2.81. The second-order valence-electron chi connectivity index (χ2n) is 6.48. The molecule has 2 N–H and O–H groups in total. The van der Waals surface area contributed by atoms with E-state index in [0.29, 0.717) is 32.3 Å². The molecule has 1 aromatic heterocycles. The minimum absolute atomic E-state index is 0.145. The highest BCUT2D eigenvalue weighted by Gasteiger charge is 2.14. The molecule has 1 aromatic carbocycles. The summed E-state index contributed by atoms with van der Waals surface area (Å²) in [4.78, 5) is 22.9. The molecule has 7 nitrogen and oxygen atoms in total. The Balaban J connectivity index is 1.47. The number of amides is 1. The molecule has 0 radical (unpaired) electrons. The van der Waals surface area contributed by atoms with Crippen LogP contribution >= 0.6 is 0 Å². The number of anilines is 2. The first-order chi connectivity index (χ1) is 13.5. The van der Waals surface area contributed by atoms with Gasteiger partial charge >= 0.3 is 0 Å². The standard InChI is InChI=1S/C19H23F2N5O2/c1-13-10-17(26-6-8-28-9-7-26)25-19(24-13)23-5-4-22-18(27)11-14-2-3-15(20)12-16(14)21/h2-3,10,12H,4-9,11H2,1H3,(H,22,27)(H,23,24,25). The molecule has 2 heterocycles. The van der Waals surface area contributed by atoms with E-state index in [1.54, 1.807) is 0 Å². The van der Waals surface area contributed by atoms with Crippen molar-refractivity contribution in [3.05, 3.63) is 47.2 Å². The molecule has 28 heavy (non-hydrogen) atoms. The van der Waals surface area contributed by atoms with Crippen molar-refractivity contribution in [1.82, 2.24) is 15.3 Å². The molecule has 0 bridgehead atoms. The van der Waals surface area contributed by atoms with Crippen molar-refractivity contribution in [2.24, 2.45) is 0 Å². The van der Waals surface area contributed by atoms with Gasteiger partial charge in [0.05, 0.1) is 19.6 Å². The molecular weight excluding hydrogens is 368 g/mol. The summed E-state index contributed by atoms with van der Waals surface area (Å²) in [5.74, 6) is -0.404. The quantitative estimate of drug-likeness (QED) is 0.699. The lowest BCUT2D eigenvalue weighted by Gasteiger charge is -2.28. The van der Waals surface area contributed by atoms with Crippen LogP contribution in [0.4, 0.5) is 20.5 Å². The zero-order valence-electron chi connectivity index (χ0n) is 15.7. The van der Waals surface area contributed by atoms with E-state index in [1.165, 1.54) is 6.07 Å². The Labute approximate surface area is 162 Å². The molecule has 3 rings (SSSR count). The molecular formula is C19H23F2N5O2. The lowest BCUT2D eigenvalue weighted by atomic mass is 10.1. The van der Waals surface area contributed by atoms with Crippen LogP contribution in [0.2, 0.25) is 0 Å². The van der Waals surface area contributed by atoms with Crippen molar-refractivity contribution in [2.75, 3.05) is 49.6 Å². The Kier molecular flexibility index (Phi) is 6.70. The van der Waals surface area contributed by atoms with Crippen LogP contribution in [0.25, 0.3) is 0 Å². The second kappa shape index (κ2) is 9.41. The SMILES string of the molecule is Cc1cc(N2CCOCC2)nc(NCCNC(=O)Cc2ccc(F)cc2F)n1. The largest absolute Gasteiger partial charge is 0.378 e. The number of nitrogens with one attached hydrogen (secondary N) is 2. The highest BCUT2D eigenvalue weighted by molar-refractivity contribution is 5.78. The highest BCUT2D eigenvalue weighted by atomic mass is 19.1. The van der Waals surface area contributed by atoms with E-state index < -0.39 is 11.6 Å². The van der Waals surface area contributed by atoms with Crippen LogP contribution in [0, 0.1) is 18.6 Å². The predicted molar refractivity (Wildman–Crippen MR) is 101 cm³/mol. The summed E-state index contributed by atoms with van der Waals surface area (Å²) >= 11 is 0. The number of carbonyl (C=O) groups excluding carboxylic acids is 1. The van der Waals surface area contributed by atoms with E-state index >= 15 is 0 Å². The van der Waals surface area contributed by atoms with Gasteiger partial charge in [-0.1, -0.05) is 6.07 Å². The summed E-state index contributed by atoms with van der Waals surface area (Å²) in [5.41, 5.74) is 0.999. The second-order valence-corrected chi connectivity index (χ2v) is 6.48. The number of aromatic nitrogens is 2. The van der Waals surface area contributed by atoms with Gasteiger partial charge in [-0.3, -0.25) is 4.79 Å². The summed E-state index contributed by atoms with van der Waals surface area (Å²) in [5, 5.41) is 5.78. The summed E-state index contributed by atoms with van der Waals surface area (Å²) in [6.07, 6.45) is -0.145. The van der Waals surface area contributed by atoms with E-state index in [1.807, 2.05) is 13.0 Å². The van der Waals surface area contributed by atoms with Gasteiger partial charge in [0.15, 0.2) is 0 Å². The fraction of sp³-hybridized carbons (Fsp3) is 0.421. The van der Waals surface area contributed by atoms with Crippen LogP contribution < -0.4 is 15.5 Å². The summed E-state index contributed by atoms with van der Waals surface area (Å²) < 4.78 is 31.8. The van der Waals surface area contributed by atoms with Crippen molar-refractivity contribution >= 4 is 17.7 Å². The average molecular weight is 391 g/mol. The first-order valence-corrected chi connectivity index (χ1v) is 9.14. The summed E-state index contributed by atoms with van der Waals surface area (Å²) in [6, 6.07) is 5.10. The van der Waals surface area contributed by atoms with Gasteiger partial charge in [-0.15, -0.1) is 0 Å². The smallest absolute Gasteiger partial charge is 0.224 e. The van der Waals surface area contributed by atoms with Gasteiger partial charge < -0.3 is 20.3 Å². The molecule has 0 atom stereocenters. The summed E-state index contributed by atoms with van der Waals surface area (Å²) in [7, 11) is 0. The molecule has 150 valence electrons. The van der Waals surface area contributed by atoms with Crippen molar-refractivity contribution in [3.8, 4) is 0 Å². The Bertz CT molecular complexity index is 828. The number of morpholine rings is 1. The Morgan fingerprint density at radius 2 is 1.96 bits per heavy atom. The Morgan fingerprint density at radius 1 is 1.18 bits per heavy atom. The minimum Gasteiger partial charge on any atom is -0.378 e. The zero-order chi connectivity index (χ0) is 19.9. The third kappa shape index (κ3) is 5.59. The monoisotopic (exact) mass is 391 g/mol. The number of nitrogens with zero attached hydrogens (tertiary/aromatic N) is 3. The number of hydrogen-bond donors (Lipinski definition) is 2. The summed E-state index contributed by atoms with van der Waals surface area (Å²) in [6.45, 7) is 5.56. The van der Waals surface area contributed by atoms with E-state index in [4.69, 9.17) is 4.74 Å². The van der Waals surface area contributed by atoms with E-state index in [0.717, 1.165) is 36.7 Å². The van der Waals surface area contributed by atoms with Gasteiger partial charge in [0.25, 0.3) is 0 Å². The molecule has 1 amide bonds. The van der Waals surface area contributed by atoms with Crippen molar-refractivity contribution in [2.45, 2.75) is 13.3 Å². The lowest BCUT2D eigenvalue weighted by Crippen LogP contribution is -2.37. The first kappa shape index (κ1) is 19.9. The molecule has 2 aromatic rings. The number of aryl methyl sites for hydroxylation is 1. The molecule has 1 fully saturated rings. The van der Waals surface area contributed by atoms with E-state index in [2.05, 4.69) is 25.5 Å². The fourth-order valence-corrected chi connectivity index (χ4v) is 2.86. The molecule has 0 unspecified atom stereocenters. The number of hydrogen-bond acceptors (Lipinski definition) is 6. The van der Waals surface area contributed by atoms with Gasteiger partial charge in [0.1, 0.15) is 17.5 Å². The maximum absolute atomic E-state index is 13.6. The highest BCUT2D eigenvalue weighted by Crippen LogP contribution is 2.16. The average Bonchev–Trinajstić information content (AvgIpc) is 2.68. The van der Waals surface area contributed by atoms with Gasteiger partial charge in [0.2, 0.25) is 11.9 Å². The fourth-order valence-electron chi connectivity index (χ4n) is 2.86. The number of halogens is 2. The van der Waals surface area contributed by atoms with Gasteiger partial charge in [-0.2, -0.15) is 4.98 Å². The lowest BCUT2D eigenvalue weighted by molar-refractivity contribution is -0.120.